The fourth-order valence-corrected chi connectivity index (χ4v) is 4.86. The van der Waals surface area contributed by atoms with Crippen LogP contribution in [0.2, 0.25) is 5.02 Å². The van der Waals surface area contributed by atoms with Gasteiger partial charge < -0.3 is 15.0 Å². The Morgan fingerprint density at radius 1 is 0.895 bits per heavy atom. The molecule has 2 amide bonds. The van der Waals surface area contributed by atoms with E-state index in [0.717, 1.165) is 10.8 Å². The van der Waals surface area contributed by atoms with Crippen LogP contribution in [-0.4, -0.2) is 37.2 Å². The van der Waals surface area contributed by atoms with Gasteiger partial charge in [-0.05, 0) is 59.7 Å². The van der Waals surface area contributed by atoms with Crippen LogP contribution in [0.3, 0.4) is 0 Å². The van der Waals surface area contributed by atoms with E-state index in [1.165, 1.54) is 24.1 Å². The van der Waals surface area contributed by atoms with Gasteiger partial charge in [0.25, 0.3) is 11.8 Å². The van der Waals surface area contributed by atoms with Gasteiger partial charge in [0.2, 0.25) is 0 Å². The van der Waals surface area contributed by atoms with E-state index in [9.17, 15) is 19.2 Å². The van der Waals surface area contributed by atoms with Gasteiger partial charge in [0.1, 0.15) is 0 Å². The maximum Gasteiger partial charge on any atom is 0.338 e. The lowest BCUT2D eigenvalue weighted by molar-refractivity contribution is 0.0596. The number of esters is 1. The number of nitrogens with zero attached hydrogens (tertiary/aromatic N) is 1. The third kappa shape index (κ3) is 4.76. The van der Waals surface area contributed by atoms with Crippen molar-refractivity contribution >= 4 is 57.3 Å². The van der Waals surface area contributed by atoms with Gasteiger partial charge in [-0.1, -0.05) is 48.0 Å². The molecule has 0 bridgehead atoms. The maximum absolute atomic E-state index is 13.7. The van der Waals surface area contributed by atoms with E-state index in [2.05, 4.69) is 5.32 Å². The number of hydrogen-bond donors (Lipinski definition) is 1. The number of methoxy groups -OCH3 is 1. The van der Waals surface area contributed by atoms with Crippen molar-refractivity contribution in [1.82, 2.24) is 0 Å². The molecule has 1 aliphatic heterocycles. The van der Waals surface area contributed by atoms with Crippen molar-refractivity contribution in [3.8, 4) is 0 Å². The van der Waals surface area contributed by atoms with Gasteiger partial charge in [-0.3, -0.25) is 14.4 Å². The summed E-state index contributed by atoms with van der Waals surface area (Å²) in [5.74, 6) is -1.64. The number of benzene rings is 4. The van der Waals surface area contributed by atoms with Gasteiger partial charge in [-0.2, -0.15) is 0 Å². The molecule has 0 aromatic heterocycles. The molecule has 1 aliphatic rings. The fraction of sp³-hybridized carbons (Fsp3) is 0.133. The van der Waals surface area contributed by atoms with Crippen LogP contribution in [0.25, 0.3) is 10.8 Å². The standard InChI is InChI=1S/C30H23ClN2O5/c1-38-30(37)24-17-20(32-28(35)22-9-4-7-18-6-2-3-8-21(18)22)12-13-23(24)29(36)33-15-5-10-27(34)25-16-19(31)11-14-26(25)33/h2-4,6-9,11-14,16-17H,5,10,15H2,1H3,(H,32,35). The van der Waals surface area contributed by atoms with Crippen molar-refractivity contribution in [2.45, 2.75) is 12.8 Å². The van der Waals surface area contributed by atoms with E-state index in [4.69, 9.17) is 16.3 Å². The summed E-state index contributed by atoms with van der Waals surface area (Å²) in [6.07, 6.45) is 0.740. The number of rotatable bonds is 4. The number of fused-ring (bicyclic) bond motifs is 2. The van der Waals surface area contributed by atoms with Crippen molar-refractivity contribution in [3.05, 3.63) is 106 Å². The van der Waals surface area contributed by atoms with E-state index in [1.807, 2.05) is 30.3 Å². The first kappa shape index (κ1) is 25.2. The highest BCUT2D eigenvalue weighted by molar-refractivity contribution is 6.31. The molecule has 1 heterocycles. The zero-order chi connectivity index (χ0) is 26.8. The second-order valence-corrected chi connectivity index (χ2v) is 9.31. The number of nitrogens with one attached hydrogen (secondary N) is 1. The quantitative estimate of drug-likeness (QED) is 0.322. The second-order valence-electron chi connectivity index (χ2n) is 8.88. The molecule has 0 fully saturated rings. The molecule has 38 heavy (non-hydrogen) atoms. The molecule has 7 nitrogen and oxygen atoms in total. The van der Waals surface area contributed by atoms with Gasteiger partial charge >= 0.3 is 5.97 Å². The molecule has 0 spiro atoms. The Kier molecular flexibility index (Phi) is 6.94. The summed E-state index contributed by atoms with van der Waals surface area (Å²) in [5, 5.41) is 4.94. The number of halogens is 1. The molecule has 190 valence electrons. The van der Waals surface area contributed by atoms with E-state index in [0.29, 0.717) is 40.5 Å². The number of hydrogen-bond acceptors (Lipinski definition) is 5. The van der Waals surface area contributed by atoms with Crippen LogP contribution in [0.1, 0.15) is 54.3 Å². The summed E-state index contributed by atoms with van der Waals surface area (Å²) < 4.78 is 4.95. The molecule has 0 saturated heterocycles. The number of anilines is 2. The molecule has 0 aliphatic carbocycles. The van der Waals surface area contributed by atoms with E-state index >= 15 is 0 Å². The smallest absolute Gasteiger partial charge is 0.338 e. The highest BCUT2D eigenvalue weighted by Crippen LogP contribution is 2.31. The fourth-order valence-electron chi connectivity index (χ4n) is 4.69. The Morgan fingerprint density at radius 3 is 2.50 bits per heavy atom. The number of ketones is 1. The van der Waals surface area contributed by atoms with Crippen molar-refractivity contribution in [1.29, 1.82) is 0 Å². The minimum Gasteiger partial charge on any atom is -0.465 e. The van der Waals surface area contributed by atoms with E-state index in [1.54, 1.807) is 36.4 Å². The van der Waals surface area contributed by atoms with Crippen LogP contribution in [0.5, 0.6) is 0 Å². The van der Waals surface area contributed by atoms with Gasteiger partial charge in [0.15, 0.2) is 5.78 Å². The number of Topliss-reactive ketones (excluding diaryl/α,β-unsaturated/α-hetero) is 1. The molecule has 4 aromatic carbocycles. The topological polar surface area (TPSA) is 92.8 Å². The van der Waals surface area contributed by atoms with E-state index in [-0.39, 0.29) is 29.2 Å². The molecule has 5 rings (SSSR count). The lowest BCUT2D eigenvalue weighted by atomic mass is 10.0. The summed E-state index contributed by atoms with van der Waals surface area (Å²) >= 11 is 6.11. The number of ether oxygens (including phenoxy) is 1. The van der Waals surface area contributed by atoms with Crippen molar-refractivity contribution in [3.63, 3.8) is 0 Å². The molecular formula is C30H23ClN2O5. The van der Waals surface area contributed by atoms with Gasteiger partial charge in [-0.15, -0.1) is 0 Å². The first-order chi connectivity index (χ1) is 18.4. The summed E-state index contributed by atoms with van der Waals surface area (Å²) in [5.41, 5.74) is 1.70. The lowest BCUT2D eigenvalue weighted by Crippen LogP contribution is -2.33. The number of amides is 2. The monoisotopic (exact) mass is 526 g/mol. The predicted molar refractivity (Wildman–Crippen MR) is 146 cm³/mol. The first-order valence-corrected chi connectivity index (χ1v) is 12.4. The van der Waals surface area contributed by atoms with Crippen LogP contribution >= 0.6 is 11.6 Å². The summed E-state index contributed by atoms with van der Waals surface area (Å²) in [4.78, 5) is 53.7. The Labute approximate surface area is 224 Å². The summed E-state index contributed by atoms with van der Waals surface area (Å²) in [7, 11) is 1.22. The van der Waals surface area contributed by atoms with Gasteiger partial charge in [0.05, 0.1) is 23.9 Å². The van der Waals surface area contributed by atoms with Crippen molar-refractivity contribution in [2.75, 3.05) is 23.9 Å². The minimum absolute atomic E-state index is 0.000642. The Balaban J connectivity index is 1.50. The molecule has 1 N–H and O–H groups in total. The Bertz CT molecular complexity index is 1610. The first-order valence-electron chi connectivity index (χ1n) is 12.0. The van der Waals surface area contributed by atoms with Crippen molar-refractivity contribution in [2.24, 2.45) is 0 Å². The van der Waals surface area contributed by atoms with Crippen LogP contribution in [-0.2, 0) is 4.74 Å². The van der Waals surface area contributed by atoms with Gasteiger partial charge in [-0.25, -0.2) is 4.79 Å². The molecule has 0 radical (unpaired) electrons. The molecule has 0 atom stereocenters. The van der Waals surface area contributed by atoms with Crippen LogP contribution in [0.4, 0.5) is 11.4 Å². The third-order valence-corrected chi connectivity index (χ3v) is 6.76. The minimum atomic E-state index is -0.725. The highest BCUT2D eigenvalue weighted by atomic mass is 35.5. The highest BCUT2D eigenvalue weighted by Gasteiger charge is 2.29. The maximum atomic E-state index is 13.7. The second kappa shape index (κ2) is 10.5. The number of carbonyl (C=O) groups is 4. The van der Waals surface area contributed by atoms with Crippen LogP contribution in [0.15, 0.2) is 78.9 Å². The zero-order valence-corrected chi connectivity index (χ0v) is 21.2. The number of carbonyl (C=O) groups excluding carboxylic acids is 4. The lowest BCUT2D eigenvalue weighted by Gasteiger charge is -2.24. The summed E-state index contributed by atoms with van der Waals surface area (Å²) in [6.45, 7) is 0.291. The molecular weight excluding hydrogens is 504 g/mol. The average molecular weight is 527 g/mol. The largest absolute Gasteiger partial charge is 0.465 e. The van der Waals surface area contributed by atoms with Gasteiger partial charge in [0, 0.05) is 34.8 Å². The summed E-state index contributed by atoms with van der Waals surface area (Å²) in [6, 6.07) is 22.3. The molecule has 0 unspecified atom stereocenters. The zero-order valence-electron chi connectivity index (χ0n) is 20.5. The molecule has 0 saturated carbocycles. The Hall–Kier alpha value is -4.49. The average Bonchev–Trinajstić information content (AvgIpc) is 3.10. The Morgan fingerprint density at radius 2 is 1.68 bits per heavy atom. The molecule has 8 heteroatoms. The SMILES string of the molecule is COC(=O)c1cc(NC(=O)c2cccc3ccccc23)ccc1C(=O)N1CCCC(=O)c2cc(Cl)ccc21. The predicted octanol–water partition coefficient (Wildman–Crippen LogP) is 6.16. The van der Waals surface area contributed by atoms with E-state index < -0.39 is 11.9 Å². The van der Waals surface area contributed by atoms with Crippen molar-refractivity contribution < 1.29 is 23.9 Å². The normalized spacial score (nSPS) is 13.0. The van der Waals surface area contributed by atoms with Crippen LogP contribution in [0, 0.1) is 0 Å². The third-order valence-electron chi connectivity index (χ3n) is 6.53. The van der Waals surface area contributed by atoms with Crippen LogP contribution < -0.4 is 10.2 Å². The molecule has 4 aromatic rings.